The number of aryl methyl sites for hydroxylation is 1. The number of nitrogens with zero attached hydrogens (tertiary/aromatic N) is 4. The summed E-state index contributed by atoms with van der Waals surface area (Å²) >= 11 is 0. The summed E-state index contributed by atoms with van der Waals surface area (Å²) in [5.74, 6) is -0.420. The normalized spacial score (nSPS) is 11.0. The topological polar surface area (TPSA) is 41.4 Å². The third kappa shape index (κ3) is 4.84. The molecule has 5 nitrogen and oxygen atoms in total. The van der Waals surface area contributed by atoms with E-state index in [0.717, 1.165) is 23.5 Å². The van der Waals surface area contributed by atoms with E-state index in [2.05, 4.69) is 5.10 Å². The summed E-state index contributed by atoms with van der Waals surface area (Å²) in [5.41, 5.74) is 3.09. The zero-order valence-electron chi connectivity index (χ0n) is 16.5. The van der Waals surface area contributed by atoms with Crippen LogP contribution in [0.15, 0.2) is 60.7 Å². The molecule has 1 aromatic heterocycles. The number of carbonyl (C=O) groups excluding carboxylic acids is 1. The Labute approximate surface area is 165 Å². The molecule has 3 aromatic rings. The molecular weight excluding hydrogens is 355 g/mol. The van der Waals surface area contributed by atoms with E-state index in [1.807, 2.05) is 62.3 Å². The molecule has 28 heavy (non-hydrogen) atoms. The predicted octanol–water partition coefficient (Wildman–Crippen LogP) is 3.52. The van der Waals surface area contributed by atoms with E-state index in [1.165, 1.54) is 12.1 Å². The van der Waals surface area contributed by atoms with Crippen LogP contribution in [0.3, 0.4) is 0 Å². The van der Waals surface area contributed by atoms with Crippen molar-refractivity contribution in [2.45, 2.75) is 13.5 Å². The third-order valence-corrected chi connectivity index (χ3v) is 4.50. The highest BCUT2D eigenvalue weighted by atomic mass is 19.1. The summed E-state index contributed by atoms with van der Waals surface area (Å²) in [6.45, 7) is 3.62. The van der Waals surface area contributed by atoms with Crippen molar-refractivity contribution in [2.75, 3.05) is 27.2 Å². The number of rotatable bonds is 7. The van der Waals surface area contributed by atoms with E-state index in [-0.39, 0.29) is 11.7 Å². The molecule has 0 radical (unpaired) electrons. The quantitative estimate of drug-likeness (QED) is 0.630. The minimum Gasteiger partial charge on any atom is -0.332 e. The van der Waals surface area contributed by atoms with Crippen molar-refractivity contribution < 1.29 is 9.18 Å². The smallest absolute Gasteiger partial charge is 0.274 e. The number of amides is 1. The SMILES string of the molecule is Cc1cc(C(=O)N(CCN(C)C)Cc2ccc(F)cc2)nn1-c1ccccc1. The molecule has 0 aliphatic rings. The molecule has 6 heteroatoms. The van der Waals surface area contributed by atoms with Gasteiger partial charge in [0.1, 0.15) is 5.82 Å². The van der Waals surface area contributed by atoms with Crippen molar-refractivity contribution in [1.29, 1.82) is 0 Å². The number of benzene rings is 2. The maximum Gasteiger partial charge on any atom is 0.274 e. The molecule has 0 N–H and O–H groups in total. The largest absolute Gasteiger partial charge is 0.332 e. The Hall–Kier alpha value is -2.99. The molecule has 0 saturated heterocycles. The maximum absolute atomic E-state index is 13.2. The molecule has 0 atom stereocenters. The fourth-order valence-electron chi connectivity index (χ4n) is 2.95. The number of hydrogen-bond acceptors (Lipinski definition) is 3. The van der Waals surface area contributed by atoms with Gasteiger partial charge in [0.15, 0.2) is 5.69 Å². The van der Waals surface area contributed by atoms with Crippen LogP contribution in [0.1, 0.15) is 21.7 Å². The average molecular weight is 380 g/mol. The van der Waals surface area contributed by atoms with Gasteiger partial charge in [-0.2, -0.15) is 5.10 Å². The van der Waals surface area contributed by atoms with Gasteiger partial charge in [-0.1, -0.05) is 30.3 Å². The molecule has 3 rings (SSSR count). The van der Waals surface area contributed by atoms with Crippen LogP contribution in [0, 0.1) is 12.7 Å². The lowest BCUT2D eigenvalue weighted by Gasteiger charge is -2.24. The zero-order chi connectivity index (χ0) is 20.1. The molecule has 146 valence electrons. The fourth-order valence-corrected chi connectivity index (χ4v) is 2.95. The van der Waals surface area contributed by atoms with E-state index in [0.29, 0.717) is 18.8 Å². The van der Waals surface area contributed by atoms with Gasteiger partial charge in [0, 0.05) is 25.3 Å². The Morgan fingerprint density at radius 3 is 2.36 bits per heavy atom. The molecule has 2 aromatic carbocycles. The molecule has 0 aliphatic heterocycles. The fraction of sp³-hybridized carbons (Fsp3) is 0.273. The van der Waals surface area contributed by atoms with E-state index < -0.39 is 0 Å². The molecule has 0 spiro atoms. The first kappa shape index (κ1) is 19.8. The van der Waals surface area contributed by atoms with Crippen molar-refractivity contribution in [3.8, 4) is 5.69 Å². The lowest BCUT2D eigenvalue weighted by Crippen LogP contribution is -2.36. The van der Waals surface area contributed by atoms with Gasteiger partial charge >= 0.3 is 0 Å². The van der Waals surface area contributed by atoms with Crippen LogP contribution in [0.5, 0.6) is 0 Å². The Morgan fingerprint density at radius 1 is 1.04 bits per heavy atom. The Balaban J connectivity index is 1.85. The lowest BCUT2D eigenvalue weighted by molar-refractivity contribution is 0.0725. The van der Waals surface area contributed by atoms with Crippen LogP contribution in [0.25, 0.3) is 5.69 Å². The van der Waals surface area contributed by atoms with Crippen LogP contribution in [-0.2, 0) is 6.54 Å². The second-order valence-corrected chi connectivity index (χ2v) is 7.07. The summed E-state index contributed by atoms with van der Waals surface area (Å²) in [6.07, 6.45) is 0. The molecule has 0 fully saturated rings. The summed E-state index contributed by atoms with van der Waals surface area (Å²) < 4.78 is 15.0. The molecule has 0 bridgehead atoms. The monoisotopic (exact) mass is 380 g/mol. The van der Waals surface area contributed by atoms with Crippen LogP contribution in [0.4, 0.5) is 4.39 Å². The molecule has 0 unspecified atom stereocenters. The minimum absolute atomic E-state index is 0.135. The van der Waals surface area contributed by atoms with E-state index >= 15 is 0 Å². The Bertz CT molecular complexity index is 919. The van der Waals surface area contributed by atoms with Crippen molar-refractivity contribution >= 4 is 5.91 Å². The molecule has 1 amide bonds. The predicted molar refractivity (Wildman–Crippen MR) is 108 cm³/mol. The summed E-state index contributed by atoms with van der Waals surface area (Å²) in [7, 11) is 3.93. The van der Waals surface area contributed by atoms with Gasteiger partial charge in [0.05, 0.1) is 5.69 Å². The second kappa shape index (κ2) is 8.80. The van der Waals surface area contributed by atoms with Crippen molar-refractivity contribution in [2.24, 2.45) is 0 Å². The zero-order valence-corrected chi connectivity index (χ0v) is 16.5. The van der Waals surface area contributed by atoms with Crippen LogP contribution >= 0.6 is 0 Å². The van der Waals surface area contributed by atoms with Gasteiger partial charge in [0.2, 0.25) is 0 Å². The van der Waals surface area contributed by atoms with Crippen LogP contribution < -0.4 is 0 Å². The van der Waals surface area contributed by atoms with Gasteiger partial charge < -0.3 is 9.80 Å². The number of halogens is 1. The molecule has 1 heterocycles. The maximum atomic E-state index is 13.2. The lowest BCUT2D eigenvalue weighted by atomic mass is 10.2. The highest BCUT2D eigenvalue weighted by Crippen LogP contribution is 2.15. The first-order valence-corrected chi connectivity index (χ1v) is 9.24. The van der Waals surface area contributed by atoms with Gasteiger partial charge in [-0.15, -0.1) is 0 Å². The van der Waals surface area contributed by atoms with Gasteiger partial charge in [-0.05, 0) is 56.9 Å². The number of aromatic nitrogens is 2. The number of hydrogen-bond donors (Lipinski definition) is 0. The van der Waals surface area contributed by atoms with Crippen LogP contribution in [0.2, 0.25) is 0 Å². The van der Waals surface area contributed by atoms with E-state index in [9.17, 15) is 9.18 Å². The van der Waals surface area contributed by atoms with Crippen molar-refractivity contribution in [3.63, 3.8) is 0 Å². The Kier molecular flexibility index (Phi) is 6.21. The van der Waals surface area contributed by atoms with Gasteiger partial charge in [-0.3, -0.25) is 4.79 Å². The molecular formula is C22H25FN4O. The van der Waals surface area contributed by atoms with Crippen molar-refractivity contribution in [3.05, 3.63) is 83.4 Å². The highest BCUT2D eigenvalue weighted by molar-refractivity contribution is 5.92. The number of likely N-dealkylation sites (N-methyl/N-ethyl adjacent to an activating group) is 1. The first-order chi connectivity index (χ1) is 13.4. The Morgan fingerprint density at radius 2 is 1.71 bits per heavy atom. The second-order valence-electron chi connectivity index (χ2n) is 7.07. The third-order valence-electron chi connectivity index (χ3n) is 4.50. The van der Waals surface area contributed by atoms with E-state index in [4.69, 9.17) is 0 Å². The minimum atomic E-state index is -0.285. The highest BCUT2D eigenvalue weighted by Gasteiger charge is 2.20. The summed E-state index contributed by atoms with van der Waals surface area (Å²) in [4.78, 5) is 17.0. The van der Waals surface area contributed by atoms with Crippen molar-refractivity contribution in [1.82, 2.24) is 19.6 Å². The van der Waals surface area contributed by atoms with Gasteiger partial charge in [0.25, 0.3) is 5.91 Å². The molecule has 0 aliphatic carbocycles. The van der Waals surface area contributed by atoms with E-state index in [1.54, 1.807) is 21.7 Å². The first-order valence-electron chi connectivity index (χ1n) is 9.24. The van der Waals surface area contributed by atoms with Gasteiger partial charge in [-0.25, -0.2) is 9.07 Å². The van der Waals surface area contributed by atoms with Crippen LogP contribution in [-0.4, -0.2) is 52.7 Å². The number of para-hydroxylation sites is 1. The average Bonchev–Trinajstić information content (AvgIpc) is 3.08. The standard InChI is InChI=1S/C22H25FN4O/c1-17-15-21(24-27(17)20-7-5-4-6-8-20)22(28)26(14-13-25(2)3)16-18-9-11-19(23)12-10-18/h4-12,15H,13-14,16H2,1-3H3. The summed E-state index contributed by atoms with van der Waals surface area (Å²) in [6, 6.07) is 17.8. The summed E-state index contributed by atoms with van der Waals surface area (Å²) in [5, 5.41) is 4.54. The number of carbonyl (C=O) groups is 1. The molecule has 0 saturated carbocycles.